The third-order valence-electron chi connectivity index (χ3n) is 5.37. The highest BCUT2D eigenvalue weighted by atomic mass is 19.1. The van der Waals surface area contributed by atoms with Crippen molar-refractivity contribution in [3.8, 4) is 0 Å². The van der Waals surface area contributed by atoms with E-state index in [1.807, 2.05) is 39.0 Å². The fraction of sp³-hybridized carbons (Fsp3) is 0.458. The van der Waals surface area contributed by atoms with Crippen molar-refractivity contribution in [1.29, 1.82) is 0 Å². The van der Waals surface area contributed by atoms with Gasteiger partial charge in [0.05, 0.1) is 5.92 Å². The first kappa shape index (κ1) is 20.5. The highest BCUT2D eigenvalue weighted by Crippen LogP contribution is 2.42. The number of likely N-dealkylation sites (tertiary alicyclic amines) is 1. The summed E-state index contributed by atoms with van der Waals surface area (Å²) in [6, 6.07) is 16.9. The van der Waals surface area contributed by atoms with Gasteiger partial charge in [-0.3, -0.25) is 9.69 Å². The van der Waals surface area contributed by atoms with E-state index >= 15 is 0 Å². The van der Waals surface area contributed by atoms with Gasteiger partial charge in [0.15, 0.2) is 0 Å². The van der Waals surface area contributed by atoms with E-state index in [0.717, 1.165) is 24.9 Å². The van der Waals surface area contributed by atoms with Crippen LogP contribution in [0.3, 0.4) is 0 Å². The Labute approximate surface area is 167 Å². The smallest absolute Gasteiger partial charge is 0.311 e. The summed E-state index contributed by atoms with van der Waals surface area (Å²) in [5, 5.41) is 0. The Morgan fingerprint density at radius 3 is 2.36 bits per heavy atom. The van der Waals surface area contributed by atoms with Crippen molar-refractivity contribution in [3.63, 3.8) is 0 Å². The molecule has 3 atom stereocenters. The van der Waals surface area contributed by atoms with E-state index in [4.69, 9.17) is 4.74 Å². The number of nitrogens with zero attached hydrogens (tertiary/aromatic N) is 1. The van der Waals surface area contributed by atoms with Gasteiger partial charge in [-0.1, -0.05) is 42.5 Å². The number of hydrogen-bond acceptors (Lipinski definition) is 3. The van der Waals surface area contributed by atoms with Crippen molar-refractivity contribution in [2.75, 3.05) is 6.54 Å². The molecule has 4 heteroatoms. The Morgan fingerprint density at radius 1 is 1.11 bits per heavy atom. The summed E-state index contributed by atoms with van der Waals surface area (Å²) >= 11 is 0. The minimum atomic E-state index is -0.530. The van der Waals surface area contributed by atoms with Crippen LogP contribution in [0.15, 0.2) is 54.6 Å². The summed E-state index contributed by atoms with van der Waals surface area (Å²) in [6.07, 6.45) is 1.70. The molecule has 1 saturated heterocycles. The normalized spacial score (nSPS) is 21.9. The first-order valence-corrected chi connectivity index (χ1v) is 10.1. The maximum Gasteiger partial charge on any atom is 0.311 e. The molecule has 1 fully saturated rings. The van der Waals surface area contributed by atoms with Crippen molar-refractivity contribution in [3.05, 3.63) is 71.5 Å². The zero-order valence-electron chi connectivity index (χ0n) is 17.2. The predicted octanol–water partition coefficient (Wildman–Crippen LogP) is 5.68. The molecule has 1 aliphatic rings. The molecule has 0 radical (unpaired) electrons. The van der Waals surface area contributed by atoms with Gasteiger partial charge in [-0.2, -0.15) is 0 Å². The van der Waals surface area contributed by atoms with Crippen LogP contribution in [0.5, 0.6) is 0 Å². The van der Waals surface area contributed by atoms with Crippen LogP contribution in [0.2, 0.25) is 0 Å². The zero-order chi connectivity index (χ0) is 20.3. The molecule has 2 aromatic rings. The number of esters is 1. The highest BCUT2D eigenvalue weighted by molar-refractivity contribution is 5.74. The zero-order valence-corrected chi connectivity index (χ0v) is 17.2. The fourth-order valence-electron chi connectivity index (χ4n) is 4.09. The van der Waals surface area contributed by atoms with Crippen molar-refractivity contribution in [1.82, 2.24) is 4.90 Å². The number of benzene rings is 2. The molecule has 0 spiro atoms. The van der Waals surface area contributed by atoms with Gasteiger partial charge in [0.1, 0.15) is 11.4 Å². The van der Waals surface area contributed by atoms with Gasteiger partial charge in [0.25, 0.3) is 0 Å². The monoisotopic (exact) mass is 383 g/mol. The van der Waals surface area contributed by atoms with Gasteiger partial charge in [0, 0.05) is 12.1 Å². The lowest BCUT2D eigenvalue weighted by atomic mass is 9.83. The molecular weight excluding hydrogens is 353 g/mol. The van der Waals surface area contributed by atoms with Crippen LogP contribution in [-0.2, 0) is 9.53 Å². The van der Waals surface area contributed by atoms with Crippen molar-refractivity contribution >= 4 is 5.97 Å². The number of carbonyl (C=O) groups excluding carboxylic acids is 1. The first-order chi connectivity index (χ1) is 13.3. The number of piperidine rings is 1. The molecule has 28 heavy (non-hydrogen) atoms. The number of halogens is 1. The summed E-state index contributed by atoms with van der Waals surface area (Å²) in [5.41, 5.74) is 1.64. The van der Waals surface area contributed by atoms with Crippen LogP contribution in [0.1, 0.15) is 63.7 Å². The Kier molecular flexibility index (Phi) is 6.19. The van der Waals surface area contributed by atoms with Crippen LogP contribution in [0.25, 0.3) is 0 Å². The number of rotatable bonds is 4. The summed E-state index contributed by atoms with van der Waals surface area (Å²) < 4.78 is 19.3. The largest absolute Gasteiger partial charge is 0.460 e. The highest BCUT2D eigenvalue weighted by Gasteiger charge is 2.41. The average molecular weight is 384 g/mol. The number of hydrogen-bond donors (Lipinski definition) is 0. The molecule has 0 bridgehead atoms. The van der Waals surface area contributed by atoms with Crippen LogP contribution in [0.4, 0.5) is 4.39 Å². The molecule has 3 nitrogen and oxygen atoms in total. The van der Waals surface area contributed by atoms with E-state index in [1.165, 1.54) is 17.7 Å². The van der Waals surface area contributed by atoms with Crippen LogP contribution >= 0.6 is 0 Å². The van der Waals surface area contributed by atoms with Crippen molar-refractivity contribution < 1.29 is 13.9 Å². The summed E-state index contributed by atoms with van der Waals surface area (Å²) in [5.74, 6) is -0.715. The van der Waals surface area contributed by atoms with Gasteiger partial charge in [-0.05, 0) is 70.3 Å². The quantitative estimate of drug-likeness (QED) is 0.636. The molecule has 0 unspecified atom stereocenters. The molecule has 0 amide bonds. The molecule has 0 N–H and O–H groups in total. The fourth-order valence-corrected chi connectivity index (χ4v) is 4.09. The van der Waals surface area contributed by atoms with Gasteiger partial charge in [0.2, 0.25) is 0 Å². The Bertz CT molecular complexity index is 783. The molecule has 1 heterocycles. The lowest BCUT2D eigenvalue weighted by Gasteiger charge is -2.44. The van der Waals surface area contributed by atoms with E-state index in [1.54, 1.807) is 12.1 Å². The number of carbonyl (C=O) groups is 1. The summed E-state index contributed by atoms with van der Waals surface area (Å²) in [4.78, 5) is 15.4. The summed E-state index contributed by atoms with van der Waals surface area (Å²) in [7, 11) is 0. The maximum absolute atomic E-state index is 13.5. The maximum atomic E-state index is 13.5. The predicted molar refractivity (Wildman–Crippen MR) is 109 cm³/mol. The van der Waals surface area contributed by atoms with Crippen molar-refractivity contribution in [2.24, 2.45) is 5.92 Å². The lowest BCUT2D eigenvalue weighted by molar-refractivity contribution is -0.165. The van der Waals surface area contributed by atoms with Gasteiger partial charge < -0.3 is 4.74 Å². The van der Waals surface area contributed by atoms with E-state index in [2.05, 4.69) is 24.0 Å². The summed E-state index contributed by atoms with van der Waals surface area (Å²) in [6.45, 7) is 8.74. The lowest BCUT2D eigenvalue weighted by Crippen LogP contribution is -2.44. The Balaban J connectivity index is 1.97. The van der Waals surface area contributed by atoms with E-state index in [0.29, 0.717) is 0 Å². The molecule has 0 aromatic heterocycles. The van der Waals surface area contributed by atoms with Crippen LogP contribution in [0, 0.1) is 11.7 Å². The minimum Gasteiger partial charge on any atom is -0.460 e. The molecule has 150 valence electrons. The van der Waals surface area contributed by atoms with Gasteiger partial charge >= 0.3 is 5.97 Å². The average Bonchev–Trinajstić information content (AvgIpc) is 2.67. The van der Waals surface area contributed by atoms with Crippen LogP contribution in [-0.4, -0.2) is 23.0 Å². The van der Waals surface area contributed by atoms with Gasteiger partial charge in [-0.25, -0.2) is 4.39 Å². The molecule has 0 saturated carbocycles. The molecular formula is C24H30FNO2. The van der Waals surface area contributed by atoms with E-state index in [9.17, 15) is 9.18 Å². The second-order valence-electron chi connectivity index (χ2n) is 8.60. The molecule has 3 rings (SSSR count). The molecule has 1 aliphatic heterocycles. The van der Waals surface area contributed by atoms with Crippen molar-refractivity contribution in [2.45, 2.75) is 58.2 Å². The number of ether oxygens (including phenoxy) is 1. The third-order valence-corrected chi connectivity index (χ3v) is 5.37. The third kappa shape index (κ3) is 4.79. The van der Waals surface area contributed by atoms with E-state index < -0.39 is 5.60 Å². The molecule has 0 aliphatic carbocycles. The van der Waals surface area contributed by atoms with E-state index in [-0.39, 0.29) is 29.8 Å². The van der Waals surface area contributed by atoms with Crippen LogP contribution < -0.4 is 0 Å². The second kappa shape index (κ2) is 8.44. The Hall–Kier alpha value is -2.20. The Morgan fingerprint density at radius 2 is 1.75 bits per heavy atom. The standard InChI is InChI=1S/C24H30FNO2/c1-17(18-9-6-5-7-10-18)26-16-8-11-21(23(27)28-24(2,3)4)22(26)19-12-14-20(25)15-13-19/h5-7,9-10,12-15,17,21-22H,8,11,16H2,1-4H3/t17-,21+,22-/m1/s1. The van der Waals surface area contributed by atoms with Gasteiger partial charge in [-0.15, -0.1) is 0 Å². The second-order valence-corrected chi connectivity index (χ2v) is 8.60. The SMILES string of the molecule is C[C@H](c1ccccc1)N1CCC[C@H](C(=O)OC(C)(C)C)[C@H]1c1ccc(F)cc1. The topological polar surface area (TPSA) is 29.5 Å². The minimum absolute atomic E-state index is 0.139. The first-order valence-electron chi connectivity index (χ1n) is 10.1. The molecule has 2 aromatic carbocycles.